The van der Waals surface area contributed by atoms with Crippen LogP contribution in [0.3, 0.4) is 0 Å². The molecule has 0 radical (unpaired) electrons. The second kappa shape index (κ2) is 11.5. The Labute approximate surface area is 277 Å². The number of benzene rings is 7. The SMILES string of the molecule is c1ccc(Cc2ccc3c(c2)N(c2ccccc2)c2cccc4c2B3c2ccc(Cc3ccccc3)cc2N4c2ccccc2)cc1. The molecule has 0 fully saturated rings. The fourth-order valence-corrected chi connectivity index (χ4v) is 7.61. The van der Waals surface area contributed by atoms with Gasteiger partial charge in [0, 0.05) is 34.1 Å². The molecule has 0 saturated carbocycles. The van der Waals surface area contributed by atoms with Crippen LogP contribution in [0.15, 0.2) is 176 Å². The summed E-state index contributed by atoms with van der Waals surface area (Å²) < 4.78 is 0. The Balaban J connectivity index is 1.27. The molecule has 0 amide bonds. The summed E-state index contributed by atoms with van der Waals surface area (Å²) in [5.41, 5.74) is 16.7. The third-order valence-electron chi connectivity index (χ3n) is 9.66. The van der Waals surface area contributed by atoms with E-state index in [0.717, 1.165) is 12.8 Å². The lowest BCUT2D eigenvalue weighted by Crippen LogP contribution is -2.61. The zero-order chi connectivity index (χ0) is 31.2. The Morgan fingerprint density at radius 3 is 1.17 bits per heavy atom. The molecule has 0 unspecified atom stereocenters. The van der Waals surface area contributed by atoms with Gasteiger partial charge in [-0.15, -0.1) is 0 Å². The summed E-state index contributed by atoms with van der Waals surface area (Å²) in [6.45, 7) is 0.114. The smallest absolute Gasteiger partial charge is 0.252 e. The van der Waals surface area contributed by atoms with Crippen LogP contribution in [0.25, 0.3) is 0 Å². The maximum Gasteiger partial charge on any atom is 0.252 e. The van der Waals surface area contributed by atoms with E-state index in [1.165, 1.54) is 72.8 Å². The molecule has 0 aromatic heterocycles. The molecule has 2 aliphatic rings. The predicted molar refractivity (Wildman–Crippen MR) is 199 cm³/mol. The summed E-state index contributed by atoms with van der Waals surface area (Å²) in [6, 6.07) is 64.5. The molecule has 7 aromatic carbocycles. The summed E-state index contributed by atoms with van der Waals surface area (Å²) in [7, 11) is 0. The monoisotopic (exact) mass is 600 g/mol. The van der Waals surface area contributed by atoms with E-state index in [4.69, 9.17) is 0 Å². The molecule has 47 heavy (non-hydrogen) atoms. The van der Waals surface area contributed by atoms with E-state index in [0.29, 0.717) is 0 Å². The van der Waals surface area contributed by atoms with Crippen LogP contribution < -0.4 is 26.2 Å². The van der Waals surface area contributed by atoms with Gasteiger partial charge in [-0.25, -0.2) is 0 Å². The maximum absolute atomic E-state index is 2.48. The van der Waals surface area contributed by atoms with Crippen molar-refractivity contribution in [2.24, 2.45) is 0 Å². The van der Waals surface area contributed by atoms with Gasteiger partial charge in [0.05, 0.1) is 0 Å². The van der Waals surface area contributed by atoms with Gasteiger partial charge in [0.2, 0.25) is 0 Å². The Morgan fingerprint density at radius 2 is 0.745 bits per heavy atom. The van der Waals surface area contributed by atoms with Crippen molar-refractivity contribution in [1.82, 2.24) is 0 Å². The van der Waals surface area contributed by atoms with E-state index < -0.39 is 0 Å². The lowest BCUT2D eigenvalue weighted by molar-refractivity contribution is 1.17. The molecule has 0 bridgehead atoms. The van der Waals surface area contributed by atoms with Crippen molar-refractivity contribution < 1.29 is 0 Å². The lowest BCUT2D eigenvalue weighted by Gasteiger charge is -2.44. The highest BCUT2D eigenvalue weighted by Crippen LogP contribution is 2.44. The first-order valence-electron chi connectivity index (χ1n) is 16.5. The number of hydrogen-bond donors (Lipinski definition) is 0. The first-order chi connectivity index (χ1) is 23.3. The highest BCUT2D eigenvalue weighted by molar-refractivity contribution is 7.00. The van der Waals surface area contributed by atoms with Crippen molar-refractivity contribution in [3.8, 4) is 0 Å². The van der Waals surface area contributed by atoms with E-state index in [1.807, 2.05) is 0 Å². The van der Waals surface area contributed by atoms with E-state index in [1.54, 1.807) is 0 Å². The van der Waals surface area contributed by atoms with Crippen LogP contribution in [0.2, 0.25) is 0 Å². The summed E-state index contributed by atoms with van der Waals surface area (Å²) in [6.07, 6.45) is 1.80. The summed E-state index contributed by atoms with van der Waals surface area (Å²) in [4.78, 5) is 4.97. The van der Waals surface area contributed by atoms with Gasteiger partial charge in [-0.2, -0.15) is 0 Å². The van der Waals surface area contributed by atoms with Gasteiger partial charge in [-0.05, 0) is 100 Å². The topological polar surface area (TPSA) is 6.48 Å². The van der Waals surface area contributed by atoms with Crippen molar-refractivity contribution in [2.75, 3.05) is 9.80 Å². The predicted octanol–water partition coefficient (Wildman–Crippen LogP) is 8.95. The first-order valence-corrected chi connectivity index (χ1v) is 16.5. The van der Waals surface area contributed by atoms with Crippen LogP contribution >= 0.6 is 0 Å². The normalized spacial score (nSPS) is 12.7. The van der Waals surface area contributed by atoms with E-state index in [-0.39, 0.29) is 6.71 Å². The highest BCUT2D eigenvalue weighted by atomic mass is 15.2. The van der Waals surface area contributed by atoms with Gasteiger partial charge in [-0.1, -0.05) is 127 Å². The van der Waals surface area contributed by atoms with Crippen LogP contribution in [0, 0.1) is 0 Å². The molecule has 9 rings (SSSR count). The second-order valence-electron chi connectivity index (χ2n) is 12.6. The Hall–Kier alpha value is -5.80. The minimum Gasteiger partial charge on any atom is -0.311 e. The summed E-state index contributed by atoms with van der Waals surface area (Å²) in [5, 5.41) is 0. The Kier molecular flexibility index (Phi) is 6.75. The minimum atomic E-state index is 0.114. The molecular formula is C44H33BN2. The molecule has 0 aliphatic carbocycles. The van der Waals surface area contributed by atoms with E-state index in [2.05, 4.69) is 186 Å². The van der Waals surface area contributed by atoms with Crippen molar-refractivity contribution >= 4 is 57.2 Å². The fourth-order valence-electron chi connectivity index (χ4n) is 7.61. The summed E-state index contributed by atoms with van der Waals surface area (Å²) in [5.74, 6) is 0. The van der Waals surface area contributed by atoms with Gasteiger partial charge in [0.15, 0.2) is 0 Å². The molecule has 2 aliphatic heterocycles. The van der Waals surface area contributed by atoms with Gasteiger partial charge in [-0.3, -0.25) is 0 Å². The molecule has 2 heterocycles. The number of hydrogen-bond acceptors (Lipinski definition) is 2. The van der Waals surface area contributed by atoms with Crippen molar-refractivity contribution in [3.05, 3.63) is 198 Å². The number of para-hydroxylation sites is 2. The zero-order valence-electron chi connectivity index (χ0n) is 26.1. The van der Waals surface area contributed by atoms with Crippen LogP contribution in [0.1, 0.15) is 22.3 Å². The van der Waals surface area contributed by atoms with Gasteiger partial charge < -0.3 is 9.80 Å². The first kappa shape index (κ1) is 27.5. The van der Waals surface area contributed by atoms with Crippen LogP contribution in [-0.2, 0) is 12.8 Å². The van der Waals surface area contributed by atoms with Gasteiger partial charge >= 0.3 is 0 Å². The van der Waals surface area contributed by atoms with Crippen LogP contribution in [0.5, 0.6) is 0 Å². The molecule has 0 spiro atoms. The van der Waals surface area contributed by atoms with E-state index >= 15 is 0 Å². The third kappa shape index (κ3) is 4.83. The van der Waals surface area contributed by atoms with Gasteiger partial charge in [0.1, 0.15) is 0 Å². The zero-order valence-corrected chi connectivity index (χ0v) is 26.1. The number of nitrogens with zero attached hydrogens (tertiary/aromatic N) is 2. The average molecular weight is 601 g/mol. The standard InChI is InChI=1S/C44H33BN2/c1-5-14-32(15-6-1)28-34-24-26-38-42(30-34)46(36-18-9-3-10-19-36)40-22-13-23-41-44(40)45(38)39-27-25-35(29-33-16-7-2-8-17-33)31-43(39)47(41)37-20-11-4-12-21-37/h1-27,30-31H,28-29H2. The quantitative estimate of drug-likeness (QED) is 0.176. The Bertz CT molecular complexity index is 2040. The fraction of sp³-hybridized carbons (Fsp3) is 0.0455. The largest absolute Gasteiger partial charge is 0.311 e. The number of fused-ring (bicyclic) bond motifs is 4. The highest BCUT2D eigenvalue weighted by Gasteiger charge is 2.43. The lowest BCUT2D eigenvalue weighted by atomic mass is 9.33. The van der Waals surface area contributed by atoms with Crippen molar-refractivity contribution in [2.45, 2.75) is 12.8 Å². The third-order valence-corrected chi connectivity index (χ3v) is 9.66. The van der Waals surface area contributed by atoms with E-state index in [9.17, 15) is 0 Å². The molecule has 0 saturated heterocycles. The van der Waals surface area contributed by atoms with Gasteiger partial charge in [0.25, 0.3) is 6.71 Å². The molecule has 3 heteroatoms. The molecule has 7 aromatic rings. The number of anilines is 6. The number of rotatable bonds is 6. The second-order valence-corrected chi connectivity index (χ2v) is 12.6. The molecule has 0 N–H and O–H groups in total. The Morgan fingerprint density at radius 1 is 0.340 bits per heavy atom. The van der Waals surface area contributed by atoms with Crippen molar-refractivity contribution in [3.63, 3.8) is 0 Å². The molecule has 0 atom stereocenters. The van der Waals surface area contributed by atoms with Crippen LogP contribution in [0.4, 0.5) is 34.1 Å². The maximum atomic E-state index is 2.48. The molecule has 2 nitrogen and oxygen atoms in total. The van der Waals surface area contributed by atoms with Crippen molar-refractivity contribution in [1.29, 1.82) is 0 Å². The minimum absolute atomic E-state index is 0.114. The molecule has 222 valence electrons. The summed E-state index contributed by atoms with van der Waals surface area (Å²) >= 11 is 0. The average Bonchev–Trinajstić information content (AvgIpc) is 3.13. The molecular weight excluding hydrogens is 567 g/mol. The van der Waals surface area contributed by atoms with Crippen LogP contribution in [-0.4, -0.2) is 6.71 Å².